The number of rotatable bonds is 3. The molecule has 5 heteroatoms. The van der Waals surface area contributed by atoms with Gasteiger partial charge in [0, 0.05) is 17.8 Å². The number of carbonyl (C=O) groups excluding carboxylic acids is 1. The van der Waals surface area contributed by atoms with E-state index in [-0.39, 0.29) is 11.7 Å². The van der Waals surface area contributed by atoms with E-state index in [1.807, 2.05) is 18.2 Å². The highest BCUT2D eigenvalue weighted by Gasteiger charge is 2.48. The van der Waals surface area contributed by atoms with Crippen molar-refractivity contribution in [2.24, 2.45) is 0 Å². The summed E-state index contributed by atoms with van der Waals surface area (Å²) in [5.74, 6) is 0.552. The minimum absolute atomic E-state index is 0.108. The van der Waals surface area contributed by atoms with Gasteiger partial charge in [0.2, 0.25) is 5.91 Å². The molecule has 4 nitrogen and oxygen atoms in total. The lowest BCUT2D eigenvalue weighted by Crippen LogP contribution is -2.46. The molecule has 25 heavy (non-hydrogen) atoms. The van der Waals surface area contributed by atoms with Gasteiger partial charge in [-0.15, -0.1) is 0 Å². The van der Waals surface area contributed by atoms with Gasteiger partial charge in [-0.2, -0.15) is 0 Å². The fourth-order valence-corrected chi connectivity index (χ4v) is 4.07. The molecule has 1 amide bonds. The highest BCUT2D eigenvalue weighted by Crippen LogP contribution is 2.45. The SMILES string of the molecule is COc1ccc(F)cc1CN1CCC2(CC1)C(=O)Nc1ccccc12. The maximum Gasteiger partial charge on any atom is 0.235 e. The van der Waals surface area contributed by atoms with Crippen molar-refractivity contribution in [3.63, 3.8) is 0 Å². The van der Waals surface area contributed by atoms with Crippen molar-refractivity contribution in [2.75, 3.05) is 25.5 Å². The van der Waals surface area contributed by atoms with Crippen LogP contribution in [0.2, 0.25) is 0 Å². The Hall–Kier alpha value is -2.40. The van der Waals surface area contributed by atoms with Gasteiger partial charge >= 0.3 is 0 Å². The van der Waals surface area contributed by atoms with Gasteiger partial charge in [-0.3, -0.25) is 9.69 Å². The first-order chi connectivity index (χ1) is 12.1. The summed E-state index contributed by atoms with van der Waals surface area (Å²) in [4.78, 5) is 14.9. The van der Waals surface area contributed by atoms with Crippen LogP contribution in [0.4, 0.5) is 10.1 Å². The van der Waals surface area contributed by atoms with Gasteiger partial charge in [-0.05, 0) is 55.8 Å². The molecule has 1 spiro atoms. The molecular weight excluding hydrogens is 319 g/mol. The van der Waals surface area contributed by atoms with Crippen LogP contribution >= 0.6 is 0 Å². The van der Waals surface area contributed by atoms with Gasteiger partial charge in [0.25, 0.3) is 0 Å². The first-order valence-electron chi connectivity index (χ1n) is 8.58. The maximum atomic E-state index is 13.6. The van der Waals surface area contributed by atoms with Crippen molar-refractivity contribution in [3.8, 4) is 5.75 Å². The van der Waals surface area contributed by atoms with E-state index >= 15 is 0 Å². The molecule has 2 aromatic carbocycles. The number of carbonyl (C=O) groups is 1. The molecule has 4 rings (SSSR count). The summed E-state index contributed by atoms with van der Waals surface area (Å²) < 4.78 is 18.9. The zero-order chi connectivity index (χ0) is 17.4. The van der Waals surface area contributed by atoms with Crippen molar-refractivity contribution in [2.45, 2.75) is 24.8 Å². The van der Waals surface area contributed by atoms with Gasteiger partial charge in [-0.25, -0.2) is 4.39 Å². The third-order valence-corrected chi connectivity index (χ3v) is 5.47. The number of hydrogen-bond donors (Lipinski definition) is 1. The highest BCUT2D eigenvalue weighted by molar-refractivity contribution is 6.06. The van der Waals surface area contributed by atoms with Gasteiger partial charge < -0.3 is 10.1 Å². The van der Waals surface area contributed by atoms with Gasteiger partial charge in [-0.1, -0.05) is 18.2 Å². The quantitative estimate of drug-likeness (QED) is 0.932. The van der Waals surface area contributed by atoms with Crippen LogP contribution in [0, 0.1) is 5.82 Å². The average molecular weight is 340 g/mol. The van der Waals surface area contributed by atoms with Crippen LogP contribution < -0.4 is 10.1 Å². The summed E-state index contributed by atoms with van der Waals surface area (Å²) in [6, 6.07) is 12.6. The third kappa shape index (κ3) is 2.68. The number of para-hydroxylation sites is 1. The van der Waals surface area contributed by atoms with E-state index in [0.717, 1.165) is 42.7 Å². The fraction of sp³-hybridized carbons (Fsp3) is 0.350. The number of amides is 1. The van der Waals surface area contributed by atoms with Crippen molar-refractivity contribution in [3.05, 3.63) is 59.4 Å². The molecule has 0 saturated carbocycles. The number of fused-ring (bicyclic) bond motifs is 2. The van der Waals surface area contributed by atoms with E-state index in [0.29, 0.717) is 12.3 Å². The Morgan fingerprint density at radius 2 is 1.96 bits per heavy atom. The molecule has 0 unspecified atom stereocenters. The minimum Gasteiger partial charge on any atom is -0.496 e. The number of halogens is 1. The van der Waals surface area contributed by atoms with Crippen LogP contribution in [0.3, 0.4) is 0 Å². The van der Waals surface area contributed by atoms with E-state index in [1.165, 1.54) is 12.1 Å². The number of nitrogens with one attached hydrogen (secondary N) is 1. The number of benzene rings is 2. The summed E-state index contributed by atoms with van der Waals surface area (Å²) in [5, 5.41) is 3.02. The number of nitrogens with zero attached hydrogens (tertiary/aromatic N) is 1. The van der Waals surface area contributed by atoms with E-state index in [4.69, 9.17) is 4.74 Å². The predicted octanol–water partition coefficient (Wildman–Crippen LogP) is 3.32. The van der Waals surface area contributed by atoms with Crippen LogP contribution in [0.15, 0.2) is 42.5 Å². The largest absolute Gasteiger partial charge is 0.496 e. The second-order valence-electron chi connectivity index (χ2n) is 6.81. The number of hydrogen-bond acceptors (Lipinski definition) is 3. The Bertz CT molecular complexity index is 813. The van der Waals surface area contributed by atoms with Gasteiger partial charge in [0.1, 0.15) is 11.6 Å². The van der Waals surface area contributed by atoms with E-state index in [9.17, 15) is 9.18 Å². The standard InChI is InChI=1S/C20H21FN2O2/c1-25-18-7-6-15(21)12-14(18)13-23-10-8-20(9-11-23)16-4-2-3-5-17(16)22-19(20)24/h2-7,12H,8-11,13H2,1H3,(H,22,24). The molecule has 2 heterocycles. The average Bonchev–Trinajstić information content (AvgIpc) is 2.89. The summed E-state index contributed by atoms with van der Waals surface area (Å²) in [6.07, 6.45) is 1.54. The van der Waals surface area contributed by atoms with E-state index in [2.05, 4.69) is 16.3 Å². The zero-order valence-corrected chi connectivity index (χ0v) is 14.2. The lowest BCUT2D eigenvalue weighted by molar-refractivity contribution is -0.122. The van der Waals surface area contributed by atoms with Crippen LogP contribution in [0.1, 0.15) is 24.0 Å². The third-order valence-electron chi connectivity index (χ3n) is 5.47. The van der Waals surface area contributed by atoms with Crippen LogP contribution in [-0.4, -0.2) is 31.0 Å². The van der Waals surface area contributed by atoms with Crippen molar-refractivity contribution in [1.29, 1.82) is 0 Å². The second-order valence-corrected chi connectivity index (χ2v) is 6.81. The normalized spacial score (nSPS) is 18.9. The molecule has 1 saturated heterocycles. The van der Waals surface area contributed by atoms with Crippen LogP contribution in [-0.2, 0) is 16.8 Å². The number of anilines is 1. The smallest absolute Gasteiger partial charge is 0.235 e. The molecule has 0 atom stereocenters. The molecule has 0 radical (unpaired) electrons. The number of likely N-dealkylation sites (tertiary alicyclic amines) is 1. The van der Waals surface area contributed by atoms with Crippen molar-refractivity contribution < 1.29 is 13.9 Å². The Balaban J connectivity index is 1.51. The first-order valence-corrected chi connectivity index (χ1v) is 8.58. The molecule has 130 valence electrons. The first kappa shape index (κ1) is 16.1. The molecule has 0 bridgehead atoms. The molecule has 1 fully saturated rings. The number of ether oxygens (including phenoxy) is 1. The Labute approximate surface area is 146 Å². The monoisotopic (exact) mass is 340 g/mol. The Morgan fingerprint density at radius 1 is 1.20 bits per heavy atom. The van der Waals surface area contributed by atoms with Gasteiger partial charge in [0.15, 0.2) is 0 Å². The zero-order valence-electron chi connectivity index (χ0n) is 14.2. The number of piperidine rings is 1. The summed E-state index contributed by atoms with van der Waals surface area (Å²) in [7, 11) is 1.60. The minimum atomic E-state index is -0.418. The van der Waals surface area contributed by atoms with E-state index in [1.54, 1.807) is 13.2 Å². The van der Waals surface area contributed by atoms with Gasteiger partial charge in [0.05, 0.1) is 12.5 Å². The topological polar surface area (TPSA) is 41.6 Å². The van der Waals surface area contributed by atoms with Crippen LogP contribution in [0.5, 0.6) is 5.75 Å². The summed E-state index contributed by atoms with van der Waals surface area (Å²) >= 11 is 0. The lowest BCUT2D eigenvalue weighted by atomic mass is 9.73. The molecule has 2 aromatic rings. The van der Waals surface area contributed by atoms with Crippen molar-refractivity contribution >= 4 is 11.6 Å². The fourth-order valence-electron chi connectivity index (χ4n) is 4.07. The second kappa shape index (κ2) is 6.15. The van der Waals surface area contributed by atoms with Crippen LogP contribution in [0.25, 0.3) is 0 Å². The lowest BCUT2D eigenvalue weighted by Gasteiger charge is -2.38. The van der Waals surface area contributed by atoms with Crippen molar-refractivity contribution in [1.82, 2.24) is 4.90 Å². The Kier molecular flexibility index (Phi) is 3.96. The summed E-state index contributed by atoms with van der Waals surface area (Å²) in [5.41, 5.74) is 2.48. The van der Waals surface area contributed by atoms with E-state index < -0.39 is 5.41 Å². The molecule has 2 aliphatic rings. The molecule has 0 aromatic heterocycles. The molecule has 1 N–H and O–H groups in total. The number of methoxy groups -OCH3 is 1. The molecule has 0 aliphatic carbocycles. The maximum absolute atomic E-state index is 13.6. The molecular formula is C20H21FN2O2. The summed E-state index contributed by atoms with van der Waals surface area (Å²) in [6.45, 7) is 2.21. The Morgan fingerprint density at radius 3 is 2.72 bits per heavy atom. The highest BCUT2D eigenvalue weighted by atomic mass is 19.1. The predicted molar refractivity (Wildman–Crippen MR) is 94.2 cm³/mol. The molecule has 2 aliphatic heterocycles.